The number of cyclic esters (lactones) is 1. The normalized spacial score (nSPS) is 17.7. The van der Waals surface area contributed by atoms with Gasteiger partial charge in [-0.05, 0) is 17.2 Å². The SMILES string of the molecule is O=C1O[C@H](c2ccccc2)Cc2cc(O)cc(O)c21. The maximum Gasteiger partial charge on any atom is 0.342 e. The van der Waals surface area contributed by atoms with E-state index < -0.39 is 5.97 Å². The van der Waals surface area contributed by atoms with Crippen LogP contribution < -0.4 is 0 Å². The lowest BCUT2D eigenvalue weighted by Gasteiger charge is -2.25. The Morgan fingerprint density at radius 1 is 1.11 bits per heavy atom. The molecule has 0 unspecified atom stereocenters. The van der Waals surface area contributed by atoms with Crippen LogP contribution >= 0.6 is 0 Å². The molecular formula is C15H12O4. The number of ether oxygens (including phenoxy) is 1. The molecule has 3 rings (SSSR count). The minimum absolute atomic E-state index is 0.0576. The third-order valence-corrected chi connectivity index (χ3v) is 3.21. The Kier molecular flexibility index (Phi) is 2.63. The number of fused-ring (bicyclic) bond motifs is 1. The van der Waals surface area contributed by atoms with Crippen molar-refractivity contribution in [3.8, 4) is 11.5 Å². The Morgan fingerprint density at radius 3 is 2.58 bits per heavy atom. The fourth-order valence-electron chi connectivity index (χ4n) is 2.35. The Labute approximate surface area is 109 Å². The first-order valence-corrected chi connectivity index (χ1v) is 5.96. The molecule has 0 spiro atoms. The molecule has 0 bridgehead atoms. The number of esters is 1. The van der Waals surface area contributed by atoms with E-state index in [0.717, 1.165) is 11.6 Å². The van der Waals surface area contributed by atoms with Crippen molar-refractivity contribution in [2.75, 3.05) is 0 Å². The summed E-state index contributed by atoms with van der Waals surface area (Å²) in [6, 6.07) is 12.0. The number of phenolic OH excluding ortho intramolecular Hbond substituents is 2. The number of aromatic hydroxyl groups is 2. The predicted molar refractivity (Wildman–Crippen MR) is 68.1 cm³/mol. The molecule has 1 aliphatic heterocycles. The largest absolute Gasteiger partial charge is 0.508 e. The standard InChI is InChI=1S/C15H12O4/c16-11-6-10-7-13(9-4-2-1-3-5-9)19-15(18)14(10)12(17)8-11/h1-6,8,13,16-17H,7H2/t13-/m0/s1. The molecule has 0 saturated heterocycles. The first-order chi connectivity index (χ1) is 9.15. The quantitative estimate of drug-likeness (QED) is 0.769. The molecular weight excluding hydrogens is 244 g/mol. The lowest BCUT2D eigenvalue weighted by molar-refractivity contribution is 0.0248. The molecule has 96 valence electrons. The summed E-state index contributed by atoms with van der Waals surface area (Å²) in [7, 11) is 0. The number of hydrogen-bond donors (Lipinski definition) is 2. The molecule has 1 aliphatic rings. The van der Waals surface area contributed by atoms with E-state index in [4.69, 9.17) is 4.74 Å². The molecule has 0 saturated carbocycles. The Morgan fingerprint density at radius 2 is 1.84 bits per heavy atom. The lowest BCUT2D eigenvalue weighted by Crippen LogP contribution is -2.21. The topological polar surface area (TPSA) is 66.8 Å². The summed E-state index contributed by atoms with van der Waals surface area (Å²) < 4.78 is 5.34. The van der Waals surface area contributed by atoms with Crippen LogP contribution in [0, 0.1) is 0 Å². The summed E-state index contributed by atoms with van der Waals surface area (Å²) in [6.07, 6.45) is 0.0509. The predicted octanol–water partition coefficient (Wildman–Crippen LogP) is 2.55. The van der Waals surface area contributed by atoms with E-state index in [2.05, 4.69) is 0 Å². The minimum Gasteiger partial charge on any atom is -0.508 e. The van der Waals surface area contributed by atoms with Gasteiger partial charge in [0.25, 0.3) is 0 Å². The van der Waals surface area contributed by atoms with Gasteiger partial charge in [0.2, 0.25) is 0 Å². The first-order valence-electron chi connectivity index (χ1n) is 5.96. The summed E-state index contributed by atoms with van der Waals surface area (Å²) in [6.45, 7) is 0. The van der Waals surface area contributed by atoms with Crippen LogP contribution in [0.15, 0.2) is 42.5 Å². The fourth-order valence-corrected chi connectivity index (χ4v) is 2.35. The van der Waals surface area contributed by atoms with E-state index in [1.165, 1.54) is 6.07 Å². The summed E-state index contributed by atoms with van der Waals surface area (Å²) in [5, 5.41) is 19.2. The van der Waals surface area contributed by atoms with Crippen LogP contribution in [0.5, 0.6) is 11.5 Å². The van der Waals surface area contributed by atoms with Crippen molar-refractivity contribution in [3.63, 3.8) is 0 Å². The highest BCUT2D eigenvalue weighted by molar-refractivity contribution is 5.95. The zero-order valence-electron chi connectivity index (χ0n) is 10.0. The van der Waals surface area contributed by atoms with E-state index in [-0.39, 0.29) is 23.2 Å². The van der Waals surface area contributed by atoms with Crippen LogP contribution in [0.2, 0.25) is 0 Å². The van der Waals surface area contributed by atoms with Gasteiger partial charge < -0.3 is 14.9 Å². The molecule has 0 aromatic heterocycles. The van der Waals surface area contributed by atoms with Crippen LogP contribution in [-0.2, 0) is 11.2 Å². The van der Waals surface area contributed by atoms with Gasteiger partial charge in [-0.15, -0.1) is 0 Å². The Balaban J connectivity index is 2.03. The lowest BCUT2D eigenvalue weighted by atomic mass is 9.94. The smallest absolute Gasteiger partial charge is 0.342 e. The number of hydrogen-bond acceptors (Lipinski definition) is 4. The van der Waals surface area contributed by atoms with Gasteiger partial charge in [-0.3, -0.25) is 0 Å². The van der Waals surface area contributed by atoms with Crippen LogP contribution in [-0.4, -0.2) is 16.2 Å². The van der Waals surface area contributed by atoms with Gasteiger partial charge in [-0.25, -0.2) is 4.79 Å². The molecule has 0 radical (unpaired) electrons. The average molecular weight is 256 g/mol. The molecule has 1 atom stereocenters. The first kappa shape index (κ1) is 11.6. The summed E-state index contributed by atoms with van der Waals surface area (Å²) >= 11 is 0. The van der Waals surface area contributed by atoms with Gasteiger partial charge in [0, 0.05) is 12.5 Å². The van der Waals surface area contributed by atoms with Crippen molar-refractivity contribution < 1.29 is 19.7 Å². The zero-order valence-corrected chi connectivity index (χ0v) is 10.0. The number of carbonyl (C=O) groups is 1. The molecule has 0 fully saturated rings. The molecule has 4 nitrogen and oxygen atoms in total. The number of phenols is 2. The van der Waals surface area contributed by atoms with Crippen molar-refractivity contribution in [1.82, 2.24) is 0 Å². The van der Waals surface area contributed by atoms with E-state index in [1.807, 2.05) is 30.3 Å². The van der Waals surface area contributed by atoms with Crippen LogP contribution in [0.1, 0.15) is 27.6 Å². The average Bonchev–Trinajstić information content (AvgIpc) is 2.38. The fraction of sp³-hybridized carbons (Fsp3) is 0.133. The molecule has 4 heteroatoms. The third-order valence-electron chi connectivity index (χ3n) is 3.21. The minimum atomic E-state index is -0.562. The second-order valence-corrected chi connectivity index (χ2v) is 4.51. The van der Waals surface area contributed by atoms with E-state index in [0.29, 0.717) is 12.0 Å². The van der Waals surface area contributed by atoms with E-state index in [1.54, 1.807) is 0 Å². The Bertz CT molecular complexity index is 634. The number of rotatable bonds is 1. The maximum atomic E-state index is 11.9. The van der Waals surface area contributed by atoms with E-state index in [9.17, 15) is 15.0 Å². The van der Waals surface area contributed by atoms with Crippen LogP contribution in [0.3, 0.4) is 0 Å². The van der Waals surface area contributed by atoms with Gasteiger partial charge in [0.05, 0.1) is 0 Å². The number of carbonyl (C=O) groups excluding carboxylic acids is 1. The summed E-state index contributed by atoms with van der Waals surface area (Å²) in [5.41, 5.74) is 1.64. The molecule has 2 aromatic carbocycles. The summed E-state index contributed by atoms with van der Waals surface area (Å²) in [4.78, 5) is 11.9. The van der Waals surface area contributed by atoms with Crippen molar-refractivity contribution in [3.05, 3.63) is 59.2 Å². The van der Waals surface area contributed by atoms with E-state index >= 15 is 0 Å². The summed E-state index contributed by atoms with van der Waals surface area (Å²) in [5.74, 6) is -0.864. The third kappa shape index (κ3) is 2.01. The van der Waals surface area contributed by atoms with Crippen molar-refractivity contribution in [1.29, 1.82) is 0 Å². The van der Waals surface area contributed by atoms with Gasteiger partial charge >= 0.3 is 5.97 Å². The zero-order chi connectivity index (χ0) is 13.4. The second-order valence-electron chi connectivity index (χ2n) is 4.51. The highest BCUT2D eigenvalue weighted by Crippen LogP contribution is 2.36. The molecule has 2 aromatic rings. The molecule has 19 heavy (non-hydrogen) atoms. The van der Waals surface area contributed by atoms with Crippen molar-refractivity contribution in [2.24, 2.45) is 0 Å². The highest BCUT2D eigenvalue weighted by atomic mass is 16.5. The van der Waals surface area contributed by atoms with Gasteiger partial charge in [-0.1, -0.05) is 30.3 Å². The van der Waals surface area contributed by atoms with Crippen molar-refractivity contribution in [2.45, 2.75) is 12.5 Å². The molecule has 2 N–H and O–H groups in total. The van der Waals surface area contributed by atoms with Gasteiger partial charge in [-0.2, -0.15) is 0 Å². The van der Waals surface area contributed by atoms with Gasteiger partial charge in [0.1, 0.15) is 23.2 Å². The monoisotopic (exact) mass is 256 g/mol. The molecule has 0 amide bonds. The highest BCUT2D eigenvalue weighted by Gasteiger charge is 2.30. The van der Waals surface area contributed by atoms with Crippen LogP contribution in [0.4, 0.5) is 0 Å². The maximum absolute atomic E-state index is 11.9. The van der Waals surface area contributed by atoms with Crippen LogP contribution in [0.25, 0.3) is 0 Å². The second kappa shape index (κ2) is 4.31. The molecule has 0 aliphatic carbocycles. The molecule has 1 heterocycles. The van der Waals surface area contributed by atoms with Crippen molar-refractivity contribution >= 4 is 5.97 Å². The Hall–Kier alpha value is -2.49. The number of benzene rings is 2. The van der Waals surface area contributed by atoms with Gasteiger partial charge in [0.15, 0.2) is 0 Å².